The molecule has 0 atom stereocenters. The number of aromatic hydroxyl groups is 1. The van der Waals surface area contributed by atoms with E-state index in [4.69, 9.17) is 37.3 Å². The molecule has 150 valence electrons. The van der Waals surface area contributed by atoms with Crippen molar-refractivity contribution < 1.29 is 14.3 Å². The van der Waals surface area contributed by atoms with Gasteiger partial charge in [-0.1, -0.05) is 35.0 Å². The maximum atomic E-state index is 12.0. The van der Waals surface area contributed by atoms with Crippen LogP contribution in [0.25, 0.3) is 22.0 Å². The zero-order valence-corrected chi connectivity index (χ0v) is 17.6. The predicted molar refractivity (Wildman–Crippen MR) is 115 cm³/mol. The Morgan fingerprint density at radius 1 is 1.24 bits per heavy atom. The first-order valence-electron chi connectivity index (χ1n) is 8.69. The summed E-state index contributed by atoms with van der Waals surface area (Å²) in [5.74, 6) is 0.332. The summed E-state index contributed by atoms with van der Waals surface area (Å²) in [6.07, 6.45) is 0. The second-order valence-corrected chi connectivity index (χ2v) is 8.14. The van der Waals surface area contributed by atoms with Gasteiger partial charge >= 0.3 is 5.63 Å². The number of phenols is 1. The summed E-state index contributed by atoms with van der Waals surface area (Å²) in [4.78, 5) is 16.6. The lowest BCUT2D eigenvalue weighted by Crippen LogP contribution is -2.06. The summed E-state index contributed by atoms with van der Waals surface area (Å²) in [6, 6.07) is 9.95. The molecule has 0 aliphatic rings. The van der Waals surface area contributed by atoms with Crippen LogP contribution >= 0.6 is 35.0 Å². The Balaban J connectivity index is 1.73. The van der Waals surface area contributed by atoms with Crippen molar-refractivity contribution in [1.29, 1.82) is 0 Å². The molecule has 0 bridgehead atoms. The van der Waals surface area contributed by atoms with Crippen LogP contribution in [0.4, 0.5) is 0 Å². The number of hydrogen-bond donors (Lipinski definition) is 1. The number of nitrogens with zero attached hydrogens (tertiary/aromatic N) is 2. The Hall–Kier alpha value is -2.19. The van der Waals surface area contributed by atoms with Crippen molar-refractivity contribution in [2.75, 3.05) is 13.7 Å². The monoisotopic (exact) mass is 450 g/mol. The second kappa shape index (κ2) is 8.28. The number of phenolic OH excluding ortho intramolecular Hbond substituents is 1. The average Bonchev–Trinajstić information content (AvgIpc) is 3.02. The molecule has 2 aromatic heterocycles. The van der Waals surface area contributed by atoms with Gasteiger partial charge in [0.05, 0.1) is 22.7 Å². The van der Waals surface area contributed by atoms with Crippen LogP contribution in [-0.4, -0.2) is 28.4 Å². The molecule has 4 rings (SSSR count). The smallest absolute Gasteiger partial charge is 0.336 e. The molecule has 0 saturated heterocycles. The summed E-state index contributed by atoms with van der Waals surface area (Å²) in [5, 5.41) is 12.1. The minimum atomic E-state index is -0.491. The molecule has 2 aromatic carbocycles. The average molecular weight is 451 g/mol. The van der Waals surface area contributed by atoms with Gasteiger partial charge in [0, 0.05) is 41.9 Å². The highest BCUT2D eigenvalue weighted by atomic mass is 35.5. The maximum absolute atomic E-state index is 12.0. The molecule has 0 amide bonds. The van der Waals surface area contributed by atoms with E-state index in [0.717, 1.165) is 21.8 Å². The van der Waals surface area contributed by atoms with E-state index in [1.54, 1.807) is 13.2 Å². The lowest BCUT2D eigenvalue weighted by molar-refractivity contribution is 0.186. The molecule has 4 aromatic rings. The zero-order valence-electron chi connectivity index (χ0n) is 15.3. The van der Waals surface area contributed by atoms with Crippen molar-refractivity contribution in [2.24, 2.45) is 0 Å². The van der Waals surface area contributed by atoms with Crippen LogP contribution in [-0.2, 0) is 17.0 Å². The molecule has 0 aliphatic heterocycles. The highest BCUT2D eigenvalue weighted by Crippen LogP contribution is 2.33. The first kappa shape index (κ1) is 20.1. The highest BCUT2D eigenvalue weighted by molar-refractivity contribution is 7.98. The van der Waals surface area contributed by atoms with Crippen LogP contribution in [0.5, 0.6) is 5.75 Å². The number of halogens is 2. The Morgan fingerprint density at radius 3 is 2.86 bits per heavy atom. The van der Waals surface area contributed by atoms with Crippen LogP contribution in [0.3, 0.4) is 0 Å². The fraction of sp³-hybridized carbons (Fsp3) is 0.200. The standard InChI is InChI=1S/C20H16Cl2N2O4S/c1-27-5-4-24-16-3-2-12(21)7-15(16)23-20(24)29-10-11-6-19(26)28-18-9-17(25)14(22)8-13(11)18/h2-3,6-9,25H,4-5,10H2,1H3. The van der Waals surface area contributed by atoms with Gasteiger partial charge in [-0.05, 0) is 29.8 Å². The Labute approximate surface area is 180 Å². The molecule has 29 heavy (non-hydrogen) atoms. The second-order valence-electron chi connectivity index (χ2n) is 6.35. The SMILES string of the molecule is COCCn1c(SCc2cc(=O)oc3cc(O)c(Cl)cc23)nc2cc(Cl)ccc21. The number of rotatable bonds is 6. The Bertz CT molecular complexity index is 1270. The number of thioether (sulfide) groups is 1. The summed E-state index contributed by atoms with van der Waals surface area (Å²) < 4.78 is 12.5. The molecule has 2 heterocycles. The number of fused-ring (bicyclic) bond motifs is 2. The lowest BCUT2D eigenvalue weighted by Gasteiger charge is -2.09. The van der Waals surface area contributed by atoms with Gasteiger partial charge in [-0.3, -0.25) is 0 Å². The van der Waals surface area contributed by atoms with E-state index in [2.05, 4.69) is 4.57 Å². The Morgan fingerprint density at radius 2 is 2.07 bits per heavy atom. The third-order valence-corrected chi connectivity index (χ3v) is 6.01. The molecule has 9 heteroatoms. The van der Waals surface area contributed by atoms with E-state index in [1.165, 1.54) is 23.9 Å². The highest BCUT2D eigenvalue weighted by Gasteiger charge is 2.15. The summed E-state index contributed by atoms with van der Waals surface area (Å²) >= 11 is 13.6. The minimum absolute atomic E-state index is 0.134. The van der Waals surface area contributed by atoms with E-state index in [-0.39, 0.29) is 16.4 Å². The van der Waals surface area contributed by atoms with Crippen molar-refractivity contribution in [3.63, 3.8) is 0 Å². The first-order valence-corrected chi connectivity index (χ1v) is 10.4. The van der Waals surface area contributed by atoms with Gasteiger partial charge in [-0.2, -0.15) is 0 Å². The van der Waals surface area contributed by atoms with E-state index >= 15 is 0 Å². The third kappa shape index (κ3) is 4.09. The van der Waals surface area contributed by atoms with Gasteiger partial charge in [0.1, 0.15) is 11.3 Å². The van der Waals surface area contributed by atoms with E-state index in [0.29, 0.717) is 29.3 Å². The number of aromatic nitrogens is 2. The Kier molecular flexibility index (Phi) is 5.74. The molecular weight excluding hydrogens is 435 g/mol. The molecule has 0 radical (unpaired) electrons. The van der Waals surface area contributed by atoms with Crippen molar-refractivity contribution >= 4 is 57.0 Å². The zero-order chi connectivity index (χ0) is 20.5. The summed E-state index contributed by atoms with van der Waals surface area (Å²) in [5.41, 5.74) is 2.29. The fourth-order valence-corrected chi connectivity index (χ4v) is 4.45. The van der Waals surface area contributed by atoms with Gasteiger partial charge in [0.25, 0.3) is 0 Å². The molecule has 0 unspecified atom stereocenters. The third-order valence-electron chi connectivity index (χ3n) is 4.45. The van der Waals surface area contributed by atoms with E-state index < -0.39 is 5.63 Å². The van der Waals surface area contributed by atoms with Crippen LogP contribution < -0.4 is 5.63 Å². The number of ether oxygens (including phenoxy) is 1. The van der Waals surface area contributed by atoms with Gasteiger partial charge in [0.15, 0.2) is 5.16 Å². The van der Waals surface area contributed by atoms with Gasteiger partial charge in [0.2, 0.25) is 0 Å². The maximum Gasteiger partial charge on any atom is 0.336 e. The lowest BCUT2D eigenvalue weighted by atomic mass is 10.1. The normalized spacial score (nSPS) is 11.6. The number of benzene rings is 2. The molecule has 6 nitrogen and oxygen atoms in total. The van der Waals surface area contributed by atoms with Gasteiger partial charge < -0.3 is 18.8 Å². The minimum Gasteiger partial charge on any atom is -0.506 e. The molecule has 0 aliphatic carbocycles. The van der Waals surface area contributed by atoms with Gasteiger partial charge in [-0.15, -0.1) is 0 Å². The molecule has 0 fully saturated rings. The van der Waals surface area contributed by atoms with Crippen LogP contribution in [0, 0.1) is 0 Å². The predicted octanol–water partition coefficient (Wildman–Crippen LogP) is 5.09. The molecular formula is C20H16Cl2N2O4S. The number of methoxy groups -OCH3 is 1. The molecule has 1 N–H and O–H groups in total. The quantitative estimate of drug-likeness (QED) is 0.325. The largest absolute Gasteiger partial charge is 0.506 e. The van der Waals surface area contributed by atoms with Crippen molar-refractivity contribution in [3.8, 4) is 5.75 Å². The van der Waals surface area contributed by atoms with Crippen LogP contribution in [0.1, 0.15) is 5.56 Å². The van der Waals surface area contributed by atoms with Crippen LogP contribution in [0.2, 0.25) is 10.0 Å². The fourth-order valence-electron chi connectivity index (χ4n) is 3.09. The van der Waals surface area contributed by atoms with E-state index in [1.807, 2.05) is 18.2 Å². The van der Waals surface area contributed by atoms with Crippen molar-refractivity contribution in [1.82, 2.24) is 9.55 Å². The number of hydrogen-bond acceptors (Lipinski definition) is 6. The molecule has 0 spiro atoms. The number of imidazole rings is 1. The topological polar surface area (TPSA) is 77.5 Å². The first-order chi connectivity index (χ1) is 14.0. The van der Waals surface area contributed by atoms with Crippen molar-refractivity contribution in [3.05, 3.63) is 62.4 Å². The summed E-state index contributed by atoms with van der Waals surface area (Å²) in [7, 11) is 1.65. The van der Waals surface area contributed by atoms with Gasteiger partial charge in [-0.25, -0.2) is 9.78 Å². The van der Waals surface area contributed by atoms with E-state index in [9.17, 15) is 9.90 Å². The van der Waals surface area contributed by atoms with Crippen LogP contribution in [0.15, 0.2) is 50.8 Å². The summed E-state index contributed by atoms with van der Waals surface area (Å²) in [6.45, 7) is 1.17. The van der Waals surface area contributed by atoms with Crippen molar-refractivity contribution in [2.45, 2.75) is 17.5 Å². The molecule has 0 saturated carbocycles.